The van der Waals surface area contributed by atoms with Crippen molar-refractivity contribution in [1.29, 1.82) is 0 Å². The van der Waals surface area contributed by atoms with Crippen molar-refractivity contribution in [3.05, 3.63) is 83.5 Å². The molecule has 1 saturated heterocycles. The van der Waals surface area contributed by atoms with E-state index in [-0.39, 0.29) is 43.2 Å². The van der Waals surface area contributed by atoms with E-state index in [0.29, 0.717) is 70.8 Å². The molecule has 0 spiro atoms. The molecule has 1 fully saturated rings. The minimum Gasteiger partial charge on any atom is -0.445 e. The maximum Gasteiger partial charge on any atom is 0.408 e. The molecule has 11 nitrogen and oxygen atoms in total. The Hall–Kier alpha value is -3.51. The number of nitrogens with zero attached hydrogens (tertiary/aromatic N) is 4. The summed E-state index contributed by atoms with van der Waals surface area (Å²) in [7, 11) is 0. The second-order valence-electron chi connectivity index (χ2n) is 10.1. The summed E-state index contributed by atoms with van der Waals surface area (Å²) in [6.45, 7) is 3.51. The SMILES string of the molecule is Cl.Cl.NCCCCC(NC(=O)OCc1ccccc1)C(=O)c1noc(CN2CCN(C(=O)CCc3ccccc3)CC2)n1. The van der Waals surface area contributed by atoms with Gasteiger partial charge < -0.3 is 25.2 Å². The summed E-state index contributed by atoms with van der Waals surface area (Å²) >= 11 is 0. The zero-order valence-electron chi connectivity index (χ0n) is 24.1. The van der Waals surface area contributed by atoms with Crippen LogP contribution in [-0.2, 0) is 29.1 Å². The molecule has 1 atom stereocenters. The third kappa shape index (κ3) is 11.6. The van der Waals surface area contributed by atoms with Crippen LogP contribution in [0.2, 0.25) is 0 Å². The molecule has 2 amide bonds. The van der Waals surface area contributed by atoms with E-state index < -0.39 is 17.9 Å². The number of rotatable bonds is 14. The van der Waals surface area contributed by atoms with Gasteiger partial charge in [0.25, 0.3) is 0 Å². The van der Waals surface area contributed by atoms with Gasteiger partial charge in [0.05, 0.1) is 12.6 Å². The molecular weight excluding hydrogens is 595 g/mol. The van der Waals surface area contributed by atoms with Crippen molar-refractivity contribution in [1.82, 2.24) is 25.3 Å². The van der Waals surface area contributed by atoms with Gasteiger partial charge in [-0.15, -0.1) is 24.8 Å². The van der Waals surface area contributed by atoms with Gasteiger partial charge in [0.15, 0.2) is 0 Å². The predicted octanol–water partition coefficient (Wildman–Crippen LogP) is 3.80. The number of hydrogen-bond donors (Lipinski definition) is 2. The van der Waals surface area contributed by atoms with Crippen LogP contribution in [0.5, 0.6) is 0 Å². The second-order valence-corrected chi connectivity index (χ2v) is 10.1. The van der Waals surface area contributed by atoms with Gasteiger partial charge in [-0.05, 0) is 43.4 Å². The van der Waals surface area contributed by atoms with E-state index in [1.807, 2.05) is 65.6 Å². The van der Waals surface area contributed by atoms with Crippen LogP contribution in [-0.4, -0.2) is 76.5 Å². The van der Waals surface area contributed by atoms with Gasteiger partial charge in [0, 0.05) is 32.6 Å². The Morgan fingerprint density at radius 1 is 0.930 bits per heavy atom. The first-order chi connectivity index (χ1) is 20.0. The van der Waals surface area contributed by atoms with Crippen LogP contribution in [0.4, 0.5) is 4.79 Å². The van der Waals surface area contributed by atoms with E-state index in [2.05, 4.69) is 20.4 Å². The average molecular weight is 636 g/mol. The minimum atomic E-state index is -0.860. The smallest absolute Gasteiger partial charge is 0.408 e. The first-order valence-electron chi connectivity index (χ1n) is 14.1. The first kappa shape index (κ1) is 35.7. The number of benzene rings is 2. The number of carbonyl (C=O) groups is 3. The number of nitrogens with two attached hydrogens (primary N) is 1. The van der Waals surface area contributed by atoms with Crippen LogP contribution < -0.4 is 11.1 Å². The van der Waals surface area contributed by atoms with Gasteiger partial charge in [0.2, 0.25) is 23.4 Å². The van der Waals surface area contributed by atoms with Gasteiger partial charge in [-0.2, -0.15) is 4.98 Å². The number of halogens is 2. The van der Waals surface area contributed by atoms with Gasteiger partial charge in [0.1, 0.15) is 6.61 Å². The lowest BCUT2D eigenvalue weighted by molar-refractivity contribution is -0.133. The summed E-state index contributed by atoms with van der Waals surface area (Å²) in [4.78, 5) is 46.6. The monoisotopic (exact) mass is 634 g/mol. The highest BCUT2D eigenvalue weighted by atomic mass is 35.5. The van der Waals surface area contributed by atoms with Gasteiger partial charge in [-0.3, -0.25) is 14.5 Å². The highest BCUT2D eigenvalue weighted by Crippen LogP contribution is 2.13. The summed E-state index contributed by atoms with van der Waals surface area (Å²) in [5.41, 5.74) is 7.61. The number of ketones is 1. The lowest BCUT2D eigenvalue weighted by atomic mass is 10.0. The number of ether oxygens (including phenoxy) is 1. The number of hydrogen-bond acceptors (Lipinski definition) is 9. The number of Topliss-reactive ketones (excluding diaryl/α,β-unsaturated/α-hetero) is 1. The van der Waals surface area contributed by atoms with E-state index in [1.54, 1.807) is 0 Å². The number of aryl methyl sites for hydroxylation is 1. The number of nitrogens with one attached hydrogen (secondary N) is 1. The number of piperazine rings is 1. The van der Waals surface area contributed by atoms with Crippen LogP contribution in [0.25, 0.3) is 0 Å². The van der Waals surface area contributed by atoms with Crippen LogP contribution in [0.1, 0.15) is 53.3 Å². The maximum atomic E-state index is 13.2. The fraction of sp³-hybridized carbons (Fsp3) is 0.433. The Morgan fingerprint density at radius 3 is 2.23 bits per heavy atom. The Morgan fingerprint density at radius 2 is 1.58 bits per heavy atom. The van der Waals surface area contributed by atoms with Crippen molar-refractivity contribution in [2.45, 2.75) is 51.3 Å². The molecule has 234 valence electrons. The van der Waals surface area contributed by atoms with Crippen molar-refractivity contribution in [3.63, 3.8) is 0 Å². The zero-order chi connectivity index (χ0) is 28.9. The number of alkyl carbamates (subject to hydrolysis) is 1. The molecule has 4 rings (SSSR count). The fourth-order valence-electron chi connectivity index (χ4n) is 4.64. The average Bonchev–Trinajstić information content (AvgIpc) is 3.48. The van der Waals surface area contributed by atoms with Gasteiger partial charge in [-0.1, -0.05) is 65.8 Å². The lowest BCUT2D eigenvalue weighted by Crippen LogP contribution is -2.48. The molecule has 0 bridgehead atoms. The van der Waals surface area contributed by atoms with Crippen molar-refractivity contribution >= 4 is 42.6 Å². The number of aromatic nitrogens is 2. The Balaban J connectivity index is 0.00000323. The van der Waals surface area contributed by atoms with Crippen molar-refractivity contribution in [2.75, 3.05) is 32.7 Å². The lowest BCUT2D eigenvalue weighted by Gasteiger charge is -2.34. The Kier molecular flexibility index (Phi) is 15.7. The quantitative estimate of drug-likeness (QED) is 0.200. The maximum absolute atomic E-state index is 13.2. The van der Waals surface area contributed by atoms with E-state index in [9.17, 15) is 14.4 Å². The molecule has 3 N–H and O–H groups in total. The van der Waals surface area contributed by atoms with Crippen molar-refractivity contribution in [2.24, 2.45) is 5.73 Å². The summed E-state index contributed by atoms with van der Waals surface area (Å²) in [5.74, 6) is -0.0717. The molecule has 43 heavy (non-hydrogen) atoms. The molecule has 0 radical (unpaired) electrons. The van der Waals surface area contributed by atoms with E-state index >= 15 is 0 Å². The summed E-state index contributed by atoms with van der Waals surface area (Å²) in [6, 6.07) is 18.4. The zero-order valence-corrected chi connectivity index (χ0v) is 25.7. The number of carbonyl (C=O) groups excluding carboxylic acids is 3. The van der Waals surface area contributed by atoms with Crippen LogP contribution >= 0.6 is 24.8 Å². The molecule has 1 aliphatic heterocycles. The summed E-state index contributed by atoms with van der Waals surface area (Å²) in [6.07, 6.45) is 2.25. The topological polar surface area (TPSA) is 144 Å². The van der Waals surface area contributed by atoms with E-state index in [1.165, 1.54) is 0 Å². The Bertz CT molecular complexity index is 1260. The largest absolute Gasteiger partial charge is 0.445 e. The normalized spacial score (nSPS) is 13.7. The molecular formula is C30H40Cl2N6O5. The van der Waals surface area contributed by atoms with Gasteiger partial charge >= 0.3 is 6.09 Å². The molecule has 1 unspecified atom stereocenters. The molecule has 2 aromatic carbocycles. The van der Waals surface area contributed by atoms with Gasteiger partial charge in [-0.25, -0.2) is 4.79 Å². The predicted molar refractivity (Wildman–Crippen MR) is 166 cm³/mol. The molecule has 1 aromatic heterocycles. The molecule has 0 aliphatic carbocycles. The molecule has 2 heterocycles. The second kappa shape index (κ2) is 18.9. The highest BCUT2D eigenvalue weighted by molar-refractivity contribution is 5.98. The third-order valence-corrected chi connectivity index (χ3v) is 7.01. The van der Waals surface area contributed by atoms with E-state index in [4.69, 9.17) is 15.0 Å². The molecule has 0 saturated carbocycles. The Labute approximate surface area is 264 Å². The standard InChI is InChI=1S/C30H38N6O5.2ClH/c31-16-8-7-13-25(32-30(39)40-22-24-11-5-2-6-12-24)28(38)29-33-26(41-34-29)21-35-17-19-36(20-18-35)27(37)15-14-23-9-3-1-4-10-23;;/h1-6,9-12,25H,7-8,13-22,31H2,(H,32,39);2*1H. The minimum absolute atomic E-state index is 0. The van der Waals surface area contributed by atoms with Crippen LogP contribution in [0.15, 0.2) is 65.2 Å². The van der Waals surface area contributed by atoms with Crippen LogP contribution in [0.3, 0.4) is 0 Å². The van der Waals surface area contributed by atoms with Crippen molar-refractivity contribution in [3.8, 4) is 0 Å². The fourth-order valence-corrected chi connectivity index (χ4v) is 4.64. The summed E-state index contributed by atoms with van der Waals surface area (Å²) in [5, 5.41) is 6.53. The van der Waals surface area contributed by atoms with Crippen molar-refractivity contribution < 1.29 is 23.6 Å². The molecule has 13 heteroatoms. The third-order valence-electron chi connectivity index (χ3n) is 7.01. The highest BCUT2D eigenvalue weighted by Gasteiger charge is 2.28. The summed E-state index contributed by atoms with van der Waals surface area (Å²) < 4.78 is 10.7. The van der Waals surface area contributed by atoms with Crippen LogP contribution in [0, 0.1) is 0 Å². The molecule has 3 aromatic rings. The number of unbranched alkanes of at least 4 members (excludes halogenated alkanes) is 1. The van der Waals surface area contributed by atoms with E-state index in [0.717, 1.165) is 17.5 Å². The molecule has 1 aliphatic rings. The number of amides is 2. The first-order valence-corrected chi connectivity index (χ1v) is 14.1.